The van der Waals surface area contributed by atoms with Gasteiger partial charge in [-0.1, -0.05) is 13.0 Å². The third-order valence-electron chi connectivity index (χ3n) is 2.59. The number of hydrogen-bond donors (Lipinski definition) is 0. The molecular formula is C15H20N2O4. The minimum atomic E-state index is -1.17. The van der Waals surface area contributed by atoms with E-state index in [0.29, 0.717) is 5.82 Å². The third-order valence-corrected chi connectivity index (χ3v) is 2.59. The first-order chi connectivity index (χ1) is 10.1. The van der Waals surface area contributed by atoms with Gasteiger partial charge < -0.3 is 9.47 Å². The highest BCUT2D eigenvalue weighted by molar-refractivity contribution is 6.09. The number of rotatable bonds is 7. The fourth-order valence-electron chi connectivity index (χ4n) is 1.57. The monoisotopic (exact) mass is 292 g/mol. The van der Waals surface area contributed by atoms with E-state index >= 15 is 0 Å². The zero-order valence-electron chi connectivity index (χ0n) is 12.5. The lowest BCUT2D eigenvalue weighted by Gasteiger charge is -2.09. The van der Waals surface area contributed by atoms with Crippen LogP contribution in [-0.2, 0) is 25.5 Å². The molecule has 1 aromatic heterocycles. The quantitative estimate of drug-likeness (QED) is 0.437. The molecule has 6 heteroatoms. The van der Waals surface area contributed by atoms with Gasteiger partial charge in [0.15, 0.2) is 11.7 Å². The van der Waals surface area contributed by atoms with Crippen LogP contribution in [0.3, 0.4) is 0 Å². The summed E-state index contributed by atoms with van der Waals surface area (Å²) in [5.74, 6) is -2.08. The first kappa shape index (κ1) is 16.8. The maximum absolute atomic E-state index is 11.8. The van der Waals surface area contributed by atoms with Crippen LogP contribution in [-0.4, -0.2) is 36.4 Å². The van der Waals surface area contributed by atoms with Gasteiger partial charge in [-0.25, -0.2) is 9.98 Å². The van der Waals surface area contributed by atoms with Gasteiger partial charge in [0.2, 0.25) is 0 Å². The summed E-state index contributed by atoms with van der Waals surface area (Å²) in [6.07, 6.45) is 2.00. The number of aromatic nitrogens is 1. The molecule has 0 N–H and O–H groups in total. The number of ether oxygens (including phenoxy) is 2. The van der Waals surface area contributed by atoms with E-state index in [2.05, 4.69) is 9.98 Å². The van der Waals surface area contributed by atoms with E-state index in [1.807, 2.05) is 19.1 Å². The summed E-state index contributed by atoms with van der Waals surface area (Å²) in [5, 5.41) is 0. The highest BCUT2D eigenvalue weighted by Gasteiger charge is 2.27. The minimum absolute atomic E-state index is 0.187. The van der Waals surface area contributed by atoms with Gasteiger partial charge in [-0.15, -0.1) is 0 Å². The standard InChI is InChI=1S/C15H20N2O4/c1-4-11-8-7-9-13(17-11)16-10-12(14(18)20-5-2)15(19)21-6-3/h7-10,12H,4-6H2,1-3H3. The van der Waals surface area contributed by atoms with Crippen LogP contribution < -0.4 is 0 Å². The normalized spacial score (nSPS) is 10.9. The van der Waals surface area contributed by atoms with Gasteiger partial charge in [-0.2, -0.15) is 0 Å². The van der Waals surface area contributed by atoms with Crippen LogP contribution in [0.25, 0.3) is 0 Å². The maximum Gasteiger partial charge on any atom is 0.325 e. The number of hydrogen-bond acceptors (Lipinski definition) is 6. The van der Waals surface area contributed by atoms with Crippen molar-refractivity contribution in [2.45, 2.75) is 27.2 Å². The molecule has 1 rings (SSSR count). The topological polar surface area (TPSA) is 77.9 Å². The van der Waals surface area contributed by atoms with Gasteiger partial charge in [0.1, 0.15) is 0 Å². The molecule has 0 spiro atoms. The Morgan fingerprint density at radius 2 is 1.81 bits per heavy atom. The van der Waals surface area contributed by atoms with Crippen LogP contribution in [0, 0.1) is 5.92 Å². The predicted molar refractivity (Wildman–Crippen MR) is 78.5 cm³/mol. The zero-order chi connectivity index (χ0) is 15.7. The van der Waals surface area contributed by atoms with E-state index in [9.17, 15) is 9.59 Å². The summed E-state index contributed by atoms with van der Waals surface area (Å²) in [6.45, 7) is 5.70. The van der Waals surface area contributed by atoms with Crippen molar-refractivity contribution in [3.63, 3.8) is 0 Å². The smallest absolute Gasteiger partial charge is 0.325 e. The summed E-state index contributed by atoms with van der Waals surface area (Å²) in [5.41, 5.74) is 0.883. The Kier molecular flexibility index (Phi) is 7.08. The number of carbonyl (C=O) groups excluding carboxylic acids is 2. The summed E-state index contributed by atoms with van der Waals surface area (Å²) in [7, 11) is 0. The van der Waals surface area contributed by atoms with Gasteiger partial charge in [0, 0.05) is 11.9 Å². The number of nitrogens with zero attached hydrogens (tertiary/aromatic N) is 2. The van der Waals surface area contributed by atoms with Crippen molar-refractivity contribution in [3.8, 4) is 0 Å². The second-order valence-corrected chi connectivity index (χ2v) is 4.10. The molecule has 1 aromatic rings. The van der Waals surface area contributed by atoms with Crippen molar-refractivity contribution in [1.29, 1.82) is 0 Å². The summed E-state index contributed by atoms with van der Waals surface area (Å²) >= 11 is 0. The number of aliphatic imine (C=N–C) groups is 1. The molecule has 0 radical (unpaired) electrons. The average Bonchev–Trinajstić information content (AvgIpc) is 2.48. The minimum Gasteiger partial charge on any atom is -0.465 e. The Bertz CT molecular complexity index is 496. The van der Waals surface area contributed by atoms with E-state index < -0.39 is 17.9 Å². The first-order valence-electron chi connectivity index (χ1n) is 6.95. The maximum atomic E-state index is 11.8. The van der Waals surface area contributed by atoms with Crippen LogP contribution in [0.5, 0.6) is 0 Å². The van der Waals surface area contributed by atoms with Crippen molar-refractivity contribution in [2.75, 3.05) is 13.2 Å². The molecule has 0 atom stereocenters. The zero-order valence-corrected chi connectivity index (χ0v) is 12.5. The third kappa shape index (κ3) is 5.33. The van der Waals surface area contributed by atoms with Crippen molar-refractivity contribution in [1.82, 2.24) is 4.98 Å². The van der Waals surface area contributed by atoms with Gasteiger partial charge >= 0.3 is 11.9 Å². The van der Waals surface area contributed by atoms with Crippen molar-refractivity contribution >= 4 is 24.0 Å². The van der Waals surface area contributed by atoms with E-state index in [4.69, 9.17) is 9.47 Å². The molecule has 1 heterocycles. The fourth-order valence-corrected chi connectivity index (χ4v) is 1.57. The SMILES string of the molecule is CCOC(=O)C(C=Nc1cccc(CC)n1)C(=O)OCC. The lowest BCUT2D eigenvalue weighted by molar-refractivity contribution is -0.157. The largest absolute Gasteiger partial charge is 0.465 e. The van der Waals surface area contributed by atoms with Crippen molar-refractivity contribution in [2.24, 2.45) is 10.9 Å². The van der Waals surface area contributed by atoms with Crippen LogP contribution in [0.1, 0.15) is 26.5 Å². The van der Waals surface area contributed by atoms with Crippen LogP contribution >= 0.6 is 0 Å². The molecule has 0 amide bonds. The summed E-state index contributed by atoms with van der Waals surface area (Å²) < 4.78 is 9.71. The van der Waals surface area contributed by atoms with E-state index in [-0.39, 0.29) is 13.2 Å². The molecule has 21 heavy (non-hydrogen) atoms. The fraction of sp³-hybridized carbons (Fsp3) is 0.467. The van der Waals surface area contributed by atoms with Crippen molar-refractivity contribution in [3.05, 3.63) is 23.9 Å². The van der Waals surface area contributed by atoms with E-state index in [1.165, 1.54) is 6.21 Å². The van der Waals surface area contributed by atoms with Gasteiger partial charge in [-0.05, 0) is 32.4 Å². The summed E-state index contributed by atoms with van der Waals surface area (Å²) in [4.78, 5) is 31.9. The molecule has 0 fully saturated rings. The predicted octanol–water partition coefficient (Wildman–Crippen LogP) is 2.09. The van der Waals surface area contributed by atoms with Gasteiger partial charge in [0.25, 0.3) is 0 Å². The molecule has 0 aromatic carbocycles. The second kappa shape index (κ2) is 8.84. The number of aryl methyl sites for hydroxylation is 1. The number of pyridine rings is 1. The Morgan fingerprint density at radius 1 is 1.19 bits per heavy atom. The lowest BCUT2D eigenvalue weighted by atomic mass is 10.2. The van der Waals surface area contributed by atoms with E-state index in [0.717, 1.165) is 12.1 Å². The van der Waals surface area contributed by atoms with Crippen LogP contribution in [0.15, 0.2) is 23.2 Å². The molecule has 0 bridgehead atoms. The van der Waals surface area contributed by atoms with Gasteiger partial charge in [-0.3, -0.25) is 9.59 Å². The molecule has 114 valence electrons. The highest BCUT2D eigenvalue weighted by Crippen LogP contribution is 2.10. The Labute approximate surface area is 124 Å². The molecule has 0 aliphatic heterocycles. The number of esters is 2. The Morgan fingerprint density at radius 3 is 2.33 bits per heavy atom. The Hall–Kier alpha value is -2.24. The second-order valence-electron chi connectivity index (χ2n) is 4.10. The Balaban J connectivity index is 2.90. The molecule has 0 aliphatic rings. The lowest BCUT2D eigenvalue weighted by Crippen LogP contribution is -2.29. The molecule has 0 saturated carbocycles. The summed E-state index contributed by atoms with van der Waals surface area (Å²) in [6, 6.07) is 5.40. The molecule has 0 unspecified atom stereocenters. The number of carbonyl (C=O) groups is 2. The molecule has 0 saturated heterocycles. The molecule has 6 nitrogen and oxygen atoms in total. The molecule has 0 aliphatic carbocycles. The molecular weight excluding hydrogens is 272 g/mol. The van der Waals surface area contributed by atoms with E-state index in [1.54, 1.807) is 19.9 Å². The van der Waals surface area contributed by atoms with Crippen LogP contribution in [0.2, 0.25) is 0 Å². The van der Waals surface area contributed by atoms with Crippen LogP contribution in [0.4, 0.5) is 5.82 Å². The van der Waals surface area contributed by atoms with Gasteiger partial charge in [0.05, 0.1) is 13.2 Å². The highest BCUT2D eigenvalue weighted by atomic mass is 16.6. The average molecular weight is 292 g/mol. The first-order valence-corrected chi connectivity index (χ1v) is 6.95. The van der Waals surface area contributed by atoms with Crippen molar-refractivity contribution < 1.29 is 19.1 Å².